The number of carbonyl (C=O) groups is 1. The summed E-state index contributed by atoms with van der Waals surface area (Å²) in [6.45, 7) is 8.19. The third-order valence-electron chi connectivity index (χ3n) is 6.35. The molecule has 2 aliphatic heterocycles. The number of rotatable bonds is 5. The van der Waals surface area contributed by atoms with Gasteiger partial charge in [-0.1, -0.05) is 54.3 Å². The predicted octanol–water partition coefficient (Wildman–Crippen LogP) is 3.20. The van der Waals surface area contributed by atoms with E-state index in [1.54, 1.807) is 24.6 Å². The van der Waals surface area contributed by atoms with Crippen LogP contribution in [0.1, 0.15) is 29.2 Å². The van der Waals surface area contributed by atoms with Crippen LogP contribution in [0.25, 0.3) is 6.08 Å². The SMILES string of the molecule is CCn1c(N2CCN(Cc3ccccc3)CC2)c(/C=C2\SC(=S)N(C)C2=O)c(C)c(C#N)c1=O. The lowest BCUT2D eigenvalue weighted by atomic mass is 10.0. The summed E-state index contributed by atoms with van der Waals surface area (Å²) in [6.07, 6.45) is 1.80. The maximum atomic E-state index is 13.2. The monoisotopic (exact) mass is 493 g/mol. The molecule has 2 aliphatic rings. The first-order valence-electron chi connectivity index (χ1n) is 11.3. The van der Waals surface area contributed by atoms with Gasteiger partial charge >= 0.3 is 0 Å². The number of nitrogens with zero attached hydrogens (tertiary/aromatic N) is 5. The Hall–Kier alpha value is -2.93. The van der Waals surface area contributed by atoms with Crippen LogP contribution in [0.15, 0.2) is 40.0 Å². The number of amides is 1. The molecule has 0 N–H and O–H groups in total. The van der Waals surface area contributed by atoms with Crippen LogP contribution >= 0.6 is 24.0 Å². The van der Waals surface area contributed by atoms with Crippen LogP contribution in [-0.4, -0.2) is 57.8 Å². The Morgan fingerprint density at radius 2 is 1.82 bits per heavy atom. The number of thiocarbonyl (C=S) groups is 1. The van der Waals surface area contributed by atoms with Crippen molar-refractivity contribution in [2.45, 2.75) is 26.9 Å². The van der Waals surface area contributed by atoms with E-state index in [1.807, 2.05) is 13.0 Å². The highest BCUT2D eigenvalue weighted by Gasteiger charge is 2.31. The number of carbonyl (C=O) groups excluding carboxylic acids is 1. The van der Waals surface area contributed by atoms with Crippen LogP contribution in [0, 0.1) is 18.3 Å². The summed E-state index contributed by atoms with van der Waals surface area (Å²) < 4.78 is 2.16. The van der Waals surface area contributed by atoms with Crippen molar-refractivity contribution in [3.63, 3.8) is 0 Å². The summed E-state index contributed by atoms with van der Waals surface area (Å²) >= 11 is 6.54. The normalized spacial score (nSPS) is 18.1. The minimum absolute atomic E-state index is 0.117. The van der Waals surface area contributed by atoms with E-state index < -0.39 is 0 Å². The Balaban J connectivity index is 1.72. The van der Waals surface area contributed by atoms with E-state index in [1.165, 1.54) is 22.2 Å². The minimum atomic E-state index is -0.288. The molecule has 4 rings (SSSR count). The van der Waals surface area contributed by atoms with E-state index in [-0.39, 0.29) is 17.0 Å². The highest BCUT2D eigenvalue weighted by molar-refractivity contribution is 8.26. The van der Waals surface area contributed by atoms with Crippen LogP contribution in [0.5, 0.6) is 0 Å². The summed E-state index contributed by atoms with van der Waals surface area (Å²) in [5.74, 6) is 0.602. The van der Waals surface area contributed by atoms with Crippen molar-refractivity contribution in [1.29, 1.82) is 5.26 Å². The van der Waals surface area contributed by atoms with Gasteiger partial charge in [-0.15, -0.1) is 0 Å². The van der Waals surface area contributed by atoms with E-state index in [0.29, 0.717) is 21.3 Å². The third kappa shape index (κ3) is 4.53. The Morgan fingerprint density at radius 3 is 2.38 bits per heavy atom. The van der Waals surface area contributed by atoms with Crippen LogP contribution < -0.4 is 10.5 Å². The van der Waals surface area contributed by atoms with Crippen molar-refractivity contribution in [1.82, 2.24) is 14.4 Å². The maximum Gasteiger partial charge on any atom is 0.270 e. The quantitative estimate of drug-likeness (QED) is 0.468. The number of aromatic nitrogens is 1. The zero-order valence-corrected chi connectivity index (χ0v) is 21.2. The average Bonchev–Trinajstić information content (AvgIpc) is 3.08. The fourth-order valence-electron chi connectivity index (χ4n) is 4.41. The maximum absolute atomic E-state index is 13.2. The summed E-state index contributed by atoms with van der Waals surface area (Å²) in [5, 5.41) is 9.71. The number of pyridine rings is 1. The van der Waals surface area contributed by atoms with Gasteiger partial charge in [-0.05, 0) is 31.1 Å². The molecule has 0 aliphatic carbocycles. The fraction of sp³-hybridized carbons (Fsp3) is 0.360. The smallest absolute Gasteiger partial charge is 0.270 e. The second-order valence-electron chi connectivity index (χ2n) is 8.39. The summed E-state index contributed by atoms with van der Waals surface area (Å²) in [5.41, 5.74) is 2.44. The van der Waals surface area contributed by atoms with Crippen molar-refractivity contribution in [3.05, 3.63) is 67.8 Å². The molecule has 0 radical (unpaired) electrons. The van der Waals surface area contributed by atoms with E-state index >= 15 is 0 Å². The Labute approximate surface area is 209 Å². The fourth-order valence-corrected chi connectivity index (χ4v) is 5.58. The number of likely N-dealkylation sites (N-methyl/N-ethyl adjacent to an activating group) is 1. The molecule has 7 nitrogen and oxygen atoms in total. The van der Waals surface area contributed by atoms with Crippen molar-refractivity contribution in [3.8, 4) is 6.07 Å². The molecule has 34 heavy (non-hydrogen) atoms. The summed E-state index contributed by atoms with van der Waals surface area (Å²) in [6, 6.07) is 12.5. The summed E-state index contributed by atoms with van der Waals surface area (Å²) in [7, 11) is 1.66. The lowest BCUT2D eigenvalue weighted by molar-refractivity contribution is -0.121. The first-order chi connectivity index (χ1) is 16.3. The predicted molar refractivity (Wildman–Crippen MR) is 141 cm³/mol. The number of nitriles is 1. The molecule has 2 fully saturated rings. The Bertz CT molecular complexity index is 1250. The Morgan fingerprint density at radius 1 is 1.15 bits per heavy atom. The first kappa shape index (κ1) is 24.2. The van der Waals surface area contributed by atoms with E-state index in [0.717, 1.165) is 44.1 Å². The van der Waals surface area contributed by atoms with Crippen molar-refractivity contribution in [2.24, 2.45) is 0 Å². The first-order valence-corrected chi connectivity index (χ1v) is 12.5. The molecule has 9 heteroatoms. The lowest BCUT2D eigenvalue weighted by Gasteiger charge is -2.38. The van der Waals surface area contributed by atoms with Gasteiger partial charge in [-0.25, -0.2) is 0 Å². The molecular weight excluding hydrogens is 466 g/mol. The molecule has 176 valence electrons. The number of hydrogen-bond acceptors (Lipinski definition) is 7. The van der Waals surface area contributed by atoms with Gasteiger partial charge in [0.15, 0.2) is 0 Å². The van der Waals surface area contributed by atoms with Gasteiger partial charge in [-0.2, -0.15) is 5.26 Å². The van der Waals surface area contributed by atoms with Gasteiger partial charge in [0.05, 0.1) is 4.91 Å². The number of anilines is 1. The van der Waals surface area contributed by atoms with Crippen LogP contribution in [0.3, 0.4) is 0 Å². The van der Waals surface area contributed by atoms with Gasteiger partial charge in [0.2, 0.25) is 0 Å². The topological polar surface area (TPSA) is 72.6 Å². The van der Waals surface area contributed by atoms with Crippen molar-refractivity contribution < 1.29 is 4.79 Å². The molecule has 2 saturated heterocycles. The molecular formula is C25H27N5O2S2. The molecule has 1 aromatic carbocycles. The van der Waals surface area contributed by atoms with E-state index in [4.69, 9.17) is 12.2 Å². The summed E-state index contributed by atoms with van der Waals surface area (Å²) in [4.78, 5) is 32.4. The van der Waals surface area contributed by atoms with Crippen molar-refractivity contribution >= 4 is 46.1 Å². The molecule has 0 saturated carbocycles. The van der Waals surface area contributed by atoms with Crippen LogP contribution in [-0.2, 0) is 17.9 Å². The Kier molecular flexibility index (Phi) is 7.22. The molecule has 3 heterocycles. The zero-order chi connectivity index (χ0) is 24.4. The van der Waals surface area contributed by atoms with Gasteiger partial charge < -0.3 is 4.90 Å². The highest BCUT2D eigenvalue weighted by atomic mass is 32.2. The second-order valence-corrected chi connectivity index (χ2v) is 10.1. The molecule has 2 aromatic rings. The highest BCUT2D eigenvalue weighted by Crippen LogP contribution is 2.35. The second kappa shape index (κ2) is 10.1. The number of benzene rings is 1. The number of piperazine rings is 1. The van der Waals surface area contributed by atoms with Gasteiger partial charge in [0, 0.05) is 51.9 Å². The van der Waals surface area contributed by atoms with E-state index in [2.05, 4.69) is 40.1 Å². The van der Waals surface area contributed by atoms with Crippen molar-refractivity contribution in [2.75, 3.05) is 38.1 Å². The number of thioether (sulfide) groups is 1. The molecule has 0 bridgehead atoms. The van der Waals surface area contributed by atoms with Crippen LogP contribution in [0.4, 0.5) is 5.82 Å². The van der Waals surface area contributed by atoms with Gasteiger partial charge in [0.1, 0.15) is 21.8 Å². The largest absolute Gasteiger partial charge is 0.355 e. The minimum Gasteiger partial charge on any atom is -0.355 e. The molecule has 1 aromatic heterocycles. The van der Waals surface area contributed by atoms with Gasteiger partial charge in [0.25, 0.3) is 11.5 Å². The van der Waals surface area contributed by atoms with Crippen LogP contribution in [0.2, 0.25) is 0 Å². The number of hydrogen-bond donors (Lipinski definition) is 0. The molecule has 0 unspecified atom stereocenters. The average molecular weight is 494 g/mol. The zero-order valence-electron chi connectivity index (χ0n) is 19.6. The standard InChI is InChI=1S/C25H27N5O2S2/c1-4-30-22(29-12-10-28(11-13-29)16-18-8-6-5-7-9-18)19(17(2)20(15-26)23(30)31)14-21-24(32)27(3)25(33)34-21/h5-9,14H,4,10-13,16H2,1-3H3/b21-14-. The molecule has 1 amide bonds. The van der Waals surface area contributed by atoms with E-state index in [9.17, 15) is 14.9 Å². The lowest BCUT2D eigenvalue weighted by Crippen LogP contribution is -2.48. The molecule has 0 atom stereocenters. The van der Waals surface area contributed by atoms with Gasteiger partial charge in [-0.3, -0.25) is 24.0 Å². The molecule has 0 spiro atoms. The third-order valence-corrected chi connectivity index (χ3v) is 7.83.